The van der Waals surface area contributed by atoms with Crippen molar-refractivity contribution in [1.82, 2.24) is 25.0 Å². The number of hydrogen-bond donors (Lipinski definition) is 0. The summed E-state index contributed by atoms with van der Waals surface area (Å²) in [4.78, 5) is 0. The molecule has 0 aliphatic heterocycles. The molecule has 0 amide bonds. The van der Waals surface area contributed by atoms with Crippen LogP contribution in [0, 0.1) is 5.92 Å². The summed E-state index contributed by atoms with van der Waals surface area (Å²) >= 11 is 1.53. The van der Waals surface area contributed by atoms with Gasteiger partial charge in [0.05, 0.1) is 11.5 Å². The van der Waals surface area contributed by atoms with Crippen LogP contribution in [0.1, 0.15) is 37.8 Å². The lowest BCUT2D eigenvalue weighted by atomic mass is 10.1. The van der Waals surface area contributed by atoms with Gasteiger partial charge in [-0.15, -0.1) is 20.4 Å². The second kappa shape index (κ2) is 6.57. The van der Waals surface area contributed by atoms with E-state index in [9.17, 15) is 0 Å². The highest BCUT2D eigenvalue weighted by Gasteiger charge is 2.20. The molecule has 3 aromatic heterocycles. The molecule has 0 aliphatic carbocycles. The summed E-state index contributed by atoms with van der Waals surface area (Å²) in [5.41, 5.74) is 0. The predicted octanol–water partition coefficient (Wildman–Crippen LogP) is 3.51. The van der Waals surface area contributed by atoms with E-state index < -0.39 is 0 Å². The number of furan rings is 1. The molecule has 0 saturated carbocycles. The Morgan fingerprint density at radius 3 is 2.70 bits per heavy atom. The second-order valence-corrected chi connectivity index (χ2v) is 7.04. The third-order valence-electron chi connectivity index (χ3n) is 3.27. The van der Waals surface area contributed by atoms with Crippen LogP contribution in [0.5, 0.6) is 0 Å². The molecule has 7 nitrogen and oxygen atoms in total. The van der Waals surface area contributed by atoms with Crippen molar-refractivity contribution in [3.63, 3.8) is 0 Å². The van der Waals surface area contributed by atoms with E-state index in [4.69, 9.17) is 8.83 Å². The van der Waals surface area contributed by atoms with Crippen molar-refractivity contribution < 1.29 is 8.83 Å². The van der Waals surface area contributed by atoms with E-state index in [2.05, 4.69) is 34.2 Å². The van der Waals surface area contributed by atoms with Crippen LogP contribution in [0.4, 0.5) is 0 Å². The summed E-state index contributed by atoms with van der Waals surface area (Å²) in [7, 11) is 1.91. The molecule has 0 aromatic carbocycles. The third-order valence-corrected chi connectivity index (χ3v) is 4.39. The number of hydrogen-bond acceptors (Lipinski definition) is 7. The second-order valence-electron chi connectivity index (χ2n) is 5.73. The molecule has 8 heteroatoms. The van der Waals surface area contributed by atoms with Crippen molar-refractivity contribution in [2.24, 2.45) is 13.0 Å². The van der Waals surface area contributed by atoms with Gasteiger partial charge < -0.3 is 13.4 Å². The van der Waals surface area contributed by atoms with Crippen LogP contribution in [0.25, 0.3) is 11.6 Å². The fourth-order valence-corrected chi connectivity index (χ4v) is 2.95. The lowest BCUT2D eigenvalue weighted by molar-refractivity contribution is 0.426. The predicted molar refractivity (Wildman–Crippen MR) is 85.8 cm³/mol. The van der Waals surface area contributed by atoms with Gasteiger partial charge in [-0.3, -0.25) is 0 Å². The zero-order valence-corrected chi connectivity index (χ0v) is 14.4. The average Bonchev–Trinajstić information content (AvgIpc) is 3.21. The quantitative estimate of drug-likeness (QED) is 0.638. The van der Waals surface area contributed by atoms with Crippen molar-refractivity contribution in [3.05, 3.63) is 30.2 Å². The molecule has 0 N–H and O–H groups in total. The maximum absolute atomic E-state index is 5.73. The van der Waals surface area contributed by atoms with Gasteiger partial charge in [-0.1, -0.05) is 25.6 Å². The first-order chi connectivity index (χ1) is 11.0. The van der Waals surface area contributed by atoms with Gasteiger partial charge >= 0.3 is 0 Å². The Labute approximate surface area is 138 Å². The van der Waals surface area contributed by atoms with Gasteiger partial charge in [0, 0.05) is 13.5 Å². The third kappa shape index (κ3) is 3.47. The lowest BCUT2D eigenvalue weighted by Gasteiger charge is -2.06. The van der Waals surface area contributed by atoms with Crippen LogP contribution < -0.4 is 0 Å². The van der Waals surface area contributed by atoms with E-state index in [1.807, 2.05) is 30.7 Å². The van der Waals surface area contributed by atoms with Crippen molar-refractivity contribution in [2.45, 2.75) is 37.6 Å². The standard InChI is InChI=1S/C15H19N5O2S/c1-9(2)8-12-16-18-14(22-12)10(3)23-15-19-17-13(20(15)4)11-6-5-7-21-11/h5-7,9-10H,8H2,1-4H3/t10-/m1/s1. The van der Waals surface area contributed by atoms with Crippen LogP contribution >= 0.6 is 11.8 Å². The topological polar surface area (TPSA) is 82.8 Å². The fourth-order valence-electron chi connectivity index (χ4n) is 2.11. The molecule has 3 aromatic rings. The largest absolute Gasteiger partial charge is 0.461 e. The Balaban J connectivity index is 1.73. The van der Waals surface area contributed by atoms with Gasteiger partial charge in [-0.2, -0.15) is 0 Å². The molecule has 3 heterocycles. The smallest absolute Gasteiger partial charge is 0.229 e. The first kappa shape index (κ1) is 15.8. The minimum absolute atomic E-state index is 0.00392. The van der Waals surface area contributed by atoms with Crippen LogP contribution in [0.2, 0.25) is 0 Å². The minimum Gasteiger partial charge on any atom is -0.461 e. The lowest BCUT2D eigenvalue weighted by Crippen LogP contribution is -1.96. The van der Waals surface area contributed by atoms with E-state index in [1.54, 1.807) is 6.26 Å². The SMILES string of the molecule is CC(C)Cc1nnc([C@@H](C)Sc2nnc(-c3ccco3)n2C)o1. The number of rotatable bonds is 6. The molecular formula is C15H19N5O2S. The maximum atomic E-state index is 5.73. The van der Waals surface area contributed by atoms with Crippen molar-refractivity contribution in [1.29, 1.82) is 0 Å². The monoisotopic (exact) mass is 333 g/mol. The highest BCUT2D eigenvalue weighted by atomic mass is 32.2. The number of aromatic nitrogens is 5. The van der Waals surface area contributed by atoms with E-state index in [0.29, 0.717) is 29.3 Å². The zero-order chi connectivity index (χ0) is 16.4. The zero-order valence-electron chi connectivity index (χ0n) is 13.6. The van der Waals surface area contributed by atoms with Gasteiger partial charge in [0.15, 0.2) is 16.7 Å². The summed E-state index contributed by atoms with van der Waals surface area (Å²) in [6, 6.07) is 3.69. The Bertz CT molecular complexity index is 763. The van der Waals surface area contributed by atoms with Gasteiger partial charge in [0.2, 0.25) is 11.8 Å². The summed E-state index contributed by atoms with van der Waals surface area (Å²) in [5.74, 6) is 3.15. The van der Waals surface area contributed by atoms with Gasteiger partial charge in [-0.05, 0) is 25.0 Å². The molecule has 0 saturated heterocycles. The first-order valence-electron chi connectivity index (χ1n) is 7.46. The van der Waals surface area contributed by atoms with E-state index >= 15 is 0 Å². The van der Waals surface area contributed by atoms with Gasteiger partial charge in [0.1, 0.15) is 0 Å². The molecule has 0 spiro atoms. The maximum Gasteiger partial charge on any atom is 0.229 e. The summed E-state index contributed by atoms with van der Waals surface area (Å²) in [6.45, 7) is 6.26. The van der Waals surface area contributed by atoms with Gasteiger partial charge in [-0.25, -0.2) is 0 Å². The highest BCUT2D eigenvalue weighted by Crippen LogP contribution is 2.34. The molecule has 0 radical (unpaired) electrons. The van der Waals surface area contributed by atoms with Crippen molar-refractivity contribution >= 4 is 11.8 Å². The van der Waals surface area contributed by atoms with E-state index in [0.717, 1.165) is 11.6 Å². The molecule has 0 unspecified atom stereocenters. The summed E-state index contributed by atoms with van der Waals surface area (Å²) in [6.07, 6.45) is 2.41. The molecule has 0 fully saturated rings. The van der Waals surface area contributed by atoms with Crippen LogP contribution in [-0.2, 0) is 13.5 Å². The number of nitrogens with zero attached hydrogens (tertiary/aromatic N) is 5. The minimum atomic E-state index is -0.00392. The average molecular weight is 333 g/mol. The Morgan fingerprint density at radius 2 is 2.00 bits per heavy atom. The Hall–Kier alpha value is -2.09. The van der Waals surface area contributed by atoms with Crippen molar-refractivity contribution in [3.8, 4) is 11.6 Å². The summed E-state index contributed by atoms with van der Waals surface area (Å²) < 4.78 is 13.0. The Morgan fingerprint density at radius 1 is 1.17 bits per heavy atom. The van der Waals surface area contributed by atoms with Crippen LogP contribution in [0.3, 0.4) is 0 Å². The molecule has 122 valence electrons. The Kier molecular flexibility index (Phi) is 4.51. The van der Waals surface area contributed by atoms with E-state index in [-0.39, 0.29) is 5.25 Å². The molecule has 0 aliphatic rings. The fraction of sp³-hybridized carbons (Fsp3) is 0.467. The molecule has 0 bridgehead atoms. The molecular weight excluding hydrogens is 314 g/mol. The number of thioether (sulfide) groups is 1. The van der Waals surface area contributed by atoms with Crippen molar-refractivity contribution in [2.75, 3.05) is 0 Å². The molecule has 3 rings (SSSR count). The first-order valence-corrected chi connectivity index (χ1v) is 8.34. The molecule has 1 atom stereocenters. The van der Waals surface area contributed by atoms with Gasteiger partial charge in [0.25, 0.3) is 0 Å². The molecule has 23 heavy (non-hydrogen) atoms. The van der Waals surface area contributed by atoms with E-state index in [1.165, 1.54) is 11.8 Å². The normalized spacial score (nSPS) is 12.9. The van der Waals surface area contributed by atoms with Crippen LogP contribution in [-0.4, -0.2) is 25.0 Å². The summed E-state index contributed by atoms with van der Waals surface area (Å²) in [5, 5.41) is 17.4. The highest BCUT2D eigenvalue weighted by molar-refractivity contribution is 7.99. The van der Waals surface area contributed by atoms with Crippen LogP contribution in [0.15, 0.2) is 32.4 Å².